The van der Waals surface area contributed by atoms with Crippen LogP contribution in [0, 0.1) is 13.8 Å². The number of rotatable bonds is 5. The van der Waals surface area contributed by atoms with Gasteiger partial charge in [0.25, 0.3) is 5.91 Å². The molecule has 10 heteroatoms. The van der Waals surface area contributed by atoms with Gasteiger partial charge in [-0.1, -0.05) is 15.9 Å². The van der Waals surface area contributed by atoms with Crippen molar-refractivity contribution in [2.45, 2.75) is 13.8 Å². The number of aryl methyl sites for hydroxylation is 2. The molecule has 1 aliphatic rings. The van der Waals surface area contributed by atoms with Crippen LogP contribution in [0.25, 0.3) is 6.08 Å². The van der Waals surface area contributed by atoms with E-state index in [9.17, 15) is 9.59 Å². The Morgan fingerprint density at radius 1 is 1.13 bits per heavy atom. The highest BCUT2D eigenvalue weighted by atomic mass is 79.9. The number of carbonyl (C=O) groups excluding carboxylic acids is 2. The molecule has 0 radical (unpaired) electrons. The van der Waals surface area contributed by atoms with E-state index in [1.807, 2.05) is 26.0 Å². The van der Waals surface area contributed by atoms with E-state index in [1.165, 1.54) is 18.9 Å². The molecule has 1 fully saturated rings. The van der Waals surface area contributed by atoms with Crippen molar-refractivity contribution in [3.63, 3.8) is 0 Å². The minimum Gasteiger partial charge on any atom is -0.480 e. The van der Waals surface area contributed by atoms with Crippen LogP contribution in [-0.4, -0.2) is 30.8 Å². The van der Waals surface area contributed by atoms with Gasteiger partial charge in [0.15, 0.2) is 11.8 Å². The van der Waals surface area contributed by atoms with Crippen molar-refractivity contribution in [2.24, 2.45) is 4.99 Å². The van der Waals surface area contributed by atoms with Gasteiger partial charge in [-0.15, -0.1) is 0 Å². The molecule has 0 bridgehead atoms. The lowest BCUT2D eigenvalue weighted by molar-refractivity contribution is -0.142. The molecule has 3 rings (SSSR count). The Kier molecular flexibility index (Phi) is 8.01. The van der Waals surface area contributed by atoms with Crippen molar-refractivity contribution in [1.82, 2.24) is 5.32 Å². The number of nitrogens with zero attached hydrogens (tertiary/aromatic N) is 1. The number of methoxy groups -OCH3 is 1. The summed E-state index contributed by atoms with van der Waals surface area (Å²) in [5.41, 5.74) is 3.71. The summed E-state index contributed by atoms with van der Waals surface area (Å²) >= 11 is 11.7. The number of nitrogens with one attached hydrogen (secondary N) is 1. The fourth-order valence-electron chi connectivity index (χ4n) is 2.73. The summed E-state index contributed by atoms with van der Waals surface area (Å²) in [6.07, 6.45) is 1.76. The average Bonchev–Trinajstić information content (AvgIpc) is 3.03. The Balaban J connectivity index is 1.81. The van der Waals surface area contributed by atoms with Crippen LogP contribution >= 0.6 is 59.6 Å². The number of thioether (sulfide) groups is 1. The van der Waals surface area contributed by atoms with Gasteiger partial charge in [0.05, 0.1) is 26.6 Å². The van der Waals surface area contributed by atoms with Gasteiger partial charge in [-0.25, -0.2) is 9.79 Å². The van der Waals surface area contributed by atoms with Crippen molar-refractivity contribution in [1.29, 1.82) is 0 Å². The van der Waals surface area contributed by atoms with Crippen molar-refractivity contribution in [3.8, 4) is 5.75 Å². The predicted octanol–water partition coefficient (Wildman–Crippen LogP) is 6.03. The molecule has 1 N–H and O–H groups in total. The summed E-state index contributed by atoms with van der Waals surface area (Å²) in [5, 5.41) is 3.32. The average molecular weight is 633 g/mol. The van der Waals surface area contributed by atoms with Crippen molar-refractivity contribution < 1.29 is 19.1 Å². The smallest absolute Gasteiger partial charge is 0.343 e. The lowest BCUT2D eigenvalue weighted by atomic mass is 10.1. The molecule has 0 unspecified atom stereocenters. The quantitative estimate of drug-likeness (QED) is 0.322. The first kappa shape index (κ1) is 24.0. The highest BCUT2D eigenvalue weighted by molar-refractivity contribution is 9.11. The maximum atomic E-state index is 12.4. The number of halogens is 3. The summed E-state index contributed by atoms with van der Waals surface area (Å²) < 4.78 is 12.4. The molecule has 1 saturated heterocycles. The van der Waals surface area contributed by atoms with Crippen LogP contribution in [0.1, 0.15) is 16.7 Å². The molecule has 1 amide bonds. The Bertz CT molecular complexity index is 1090. The molecule has 1 aliphatic heterocycles. The Morgan fingerprint density at radius 3 is 2.32 bits per heavy atom. The second-order valence-electron chi connectivity index (χ2n) is 6.55. The summed E-state index contributed by atoms with van der Waals surface area (Å²) in [5.74, 6) is -0.223. The largest absolute Gasteiger partial charge is 0.480 e. The predicted molar refractivity (Wildman–Crippen MR) is 134 cm³/mol. The summed E-state index contributed by atoms with van der Waals surface area (Å²) in [6.45, 7) is 3.79. The van der Waals surface area contributed by atoms with Gasteiger partial charge in [-0.05, 0) is 105 Å². The number of hydrogen-bond acceptors (Lipinski definition) is 6. The molecule has 0 aromatic heterocycles. The Labute approximate surface area is 209 Å². The SMILES string of the molecule is COC(=O)COc1c(Br)cc(/C=C2\SC(=Nc3cc(C)c(Br)c(C)c3)NC2=O)cc1Br. The fraction of sp³-hybridized carbons (Fsp3) is 0.190. The lowest BCUT2D eigenvalue weighted by Crippen LogP contribution is -2.19. The number of aliphatic imine (C=N–C) groups is 1. The van der Waals surface area contributed by atoms with Crippen molar-refractivity contribution in [2.75, 3.05) is 13.7 Å². The van der Waals surface area contributed by atoms with E-state index in [0.29, 0.717) is 24.8 Å². The van der Waals surface area contributed by atoms with Crippen molar-refractivity contribution >= 4 is 88.4 Å². The molecule has 0 aliphatic carbocycles. The van der Waals surface area contributed by atoms with E-state index in [2.05, 4.69) is 62.8 Å². The molecule has 2 aromatic rings. The van der Waals surface area contributed by atoms with Gasteiger partial charge in [-0.2, -0.15) is 0 Å². The van der Waals surface area contributed by atoms with E-state index >= 15 is 0 Å². The first-order valence-corrected chi connectivity index (χ1v) is 12.1. The highest BCUT2D eigenvalue weighted by Gasteiger charge is 2.24. The first-order valence-electron chi connectivity index (χ1n) is 8.93. The Morgan fingerprint density at radius 2 is 1.74 bits per heavy atom. The van der Waals surface area contributed by atoms with Crippen LogP contribution in [0.5, 0.6) is 5.75 Å². The van der Waals surface area contributed by atoms with Crippen LogP contribution in [-0.2, 0) is 14.3 Å². The third kappa shape index (κ3) is 6.00. The minimum atomic E-state index is -0.480. The first-order chi connectivity index (χ1) is 14.7. The maximum Gasteiger partial charge on any atom is 0.343 e. The number of benzene rings is 2. The normalized spacial score (nSPS) is 16.0. The molecular formula is C21H17Br3N2O4S. The van der Waals surface area contributed by atoms with E-state index in [4.69, 9.17) is 4.74 Å². The zero-order chi connectivity index (χ0) is 22.7. The maximum absolute atomic E-state index is 12.4. The van der Waals surface area contributed by atoms with E-state index in [0.717, 1.165) is 26.9 Å². The molecular weight excluding hydrogens is 616 g/mol. The number of carbonyl (C=O) groups is 2. The number of amidine groups is 1. The van der Waals surface area contributed by atoms with Gasteiger partial charge in [0.2, 0.25) is 0 Å². The molecule has 0 spiro atoms. The molecule has 6 nitrogen and oxygen atoms in total. The Hall–Kier alpha value is -1.62. The van der Waals surface area contributed by atoms with E-state index in [1.54, 1.807) is 18.2 Å². The van der Waals surface area contributed by atoms with Crippen molar-refractivity contribution in [3.05, 3.63) is 59.3 Å². The van der Waals surface area contributed by atoms with Crippen LogP contribution < -0.4 is 10.1 Å². The molecule has 0 saturated carbocycles. The highest BCUT2D eigenvalue weighted by Crippen LogP contribution is 2.37. The van der Waals surface area contributed by atoms with E-state index < -0.39 is 5.97 Å². The second-order valence-corrected chi connectivity index (χ2v) is 10.1. The van der Waals surface area contributed by atoms with E-state index in [-0.39, 0.29) is 12.5 Å². The van der Waals surface area contributed by atoms with Crippen LogP contribution in [0.4, 0.5) is 5.69 Å². The van der Waals surface area contributed by atoms with Gasteiger partial charge in [0, 0.05) is 4.47 Å². The van der Waals surface area contributed by atoms with Crippen LogP contribution in [0.15, 0.2) is 47.6 Å². The number of hydrogen-bond donors (Lipinski definition) is 1. The monoisotopic (exact) mass is 630 g/mol. The lowest BCUT2D eigenvalue weighted by Gasteiger charge is -2.10. The number of ether oxygens (including phenoxy) is 2. The third-order valence-corrected chi connectivity index (χ3v) is 7.52. The van der Waals surface area contributed by atoms with Crippen LogP contribution in [0.3, 0.4) is 0 Å². The van der Waals surface area contributed by atoms with Gasteiger partial charge in [0.1, 0.15) is 5.75 Å². The topological polar surface area (TPSA) is 77.0 Å². The third-order valence-electron chi connectivity index (χ3n) is 4.18. The zero-order valence-corrected chi connectivity index (χ0v) is 22.3. The van der Waals surface area contributed by atoms with Crippen LogP contribution in [0.2, 0.25) is 0 Å². The summed E-state index contributed by atoms with van der Waals surface area (Å²) in [4.78, 5) is 28.8. The fourth-order valence-corrected chi connectivity index (χ4v) is 5.25. The molecule has 31 heavy (non-hydrogen) atoms. The van der Waals surface area contributed by atoms with Gasteiger partial charge in [-0.3, -0.25) is 4.79 Å². The molecule has 0 atom stereocenters. The zero-order valence-electron chi connectivity index (χ0n) is 16.7. The molecule has 1 heterocycles. The summed E-state index contributed by atoms with van der Waals surface area (Å²) in [6, 6.07) is 7.52. The van der Waals surface area contributed by atoms with Gasteiger partial charge < -0.3 is 14.8 Å². The van der Waals surface area contributed by atoms with Gasteiger partial charge >= 0.3 is 5.97 Å². The second kappa shape index (κ2) is 10.3. The minimum absolute atomic E-state index is 0.207. The number of esters is 1. The summed E-state index contributed by atoms with van der Waals surface area (Å²) in [7, 11) is 1.30. The molecule has 2 aromatic carbocycles. The number of amides is 1. The standard InChI is InChI=1S/C21H17Br3N2O4S/c1-10-4-13(5-11(2)18(10)24)25-21-26-20(28)16(31-21)8-12-6-14(22)19(15(23)7-12)30-9-17(27)29-3/h4-8H,9H2,1-3H3,(H,25,26,28)/b16-8-. The molecule has 162 valence electrons.